The van der Waals surface area contributed by atoms with Crippen molar-refractivity contribution in [2.75, 3.05) is 31.1 Å². The highest BCUT2D eigenvalue weighted by molar-refractivity contribution is 5.52. The third-order valence-corrected chi connectivity index (χ3v) is 4.14. The van der Waals surface area contributed by atoms with E-state index >= 15 is 0 Å². The molecule has 0 radical (unpaired) electrons. The van der Waals surface area contributed by atoms with E-state index in [0.717, 1.165) is 5.75 Å². The van der Waals surface area contributed by atoms with E-state index in [4.69, 9.17) is 10.5 Å². The van der Waals surface area contributed by atoms with Crippen molar-refractivity contribution in [2.45, 2.75) is 26.7 Å². The highest BCUT2D eigenvalue weighted by Gasteiger charge is 2.39. The fourth-order valence-corrected chi connectivity index (χ4v) is 2.57. The van der Waals surface area contributed by atoms with Crippen LogP contribution in [0, 0.1) is 5.41 Å². The molecule has 1 aromatic carbocycles. The first kappa shape index (κ1) is 13.2. The molecule has 1 aromatic rings. The Morgan fingerprint density at radius 3 is 2.28 bits per heavy atom. The van der Waals surface area contributed by atoms with Gasteiger partial charge >= 0.3 is 0 Å². The smallest absolute Gasteiger partial charge is 0.119 e. The highest BCUT2D eigenvalue weighted by atomic mass is 16.5. The Labute approximate surface area is 110 Å². The van der Waals surface area contributed by atoms with Gasteiger partial charge in [-0.2, -0.15) is 0 Å². The van der Waals surface area contributed by atoms with Crippen molar-refractivity contribution >= 4 is 5.69 Å². The molecule has 3 nitrogen and oxygen atoms in total. The molecule has 100 valence electrons. The van der Waals surface area contributed by atoms with Gasteiger partial charge in [0.25, 0.3) is 0 Å². The van der Waals surface area contributed by atoms with Crippen LogP contribution in [0.5, 0.6) is 5.75 Å². The summed E-state index contributed by atoms with van der Waals surface area (Å²) in [6, 6.07) is 8.34. The largest absolute Gasteiger partial charge is 0.492 e. The molecule has 0 spiro atoms. The summed E-state index contributed by atoms with van der Waals surface area (Å²) in [5.41, 5.74) is 7.26. The SMILES string of the molecule is CCC1(CC)CN(c2ccc(OCCN)cc2)C1. The van der Waals surface area contributed by atoms with Crippen LogP contribution in [-0.4, -0.2) is 26.2 Å². The van der Waals surface area contributed by atoms with Gasteiger partial charge in [0.2, 0.25) is 0 Å². The number of ether oxygens (including phenoxy) is 1. The fraction of sp³-hybridized carbons (Fsp3) is 0.600. The lowest BCUT2D eigenvalue weighted by Gasteiger charge is -2.51. The Kier molecular flexibility index (Phi) is 4.12. The molecule has 0 amide bonds. The molecule has 2 rings (SSSR count). The van der Waals surface area contributed by atoms with E-state index in [0.29, 0.717) is 18.6 Å². The molecule has 18 heavy (non-hydrogen) atoms. The summed E-state index contributed by atoms with van der Waals surface area (Å²) in [6.45, 7) is 8.10. The number of anilines is 1. The molecular formula is C15H24N2O. The molecule has 0 unspecified atom stereocenters. The van der Waals surface area contributed by atoms with Crippen LogP contribution in [0.4, 0.5) is 5.69 Å². The molecule has 0 saturated carbocycles. The summed E-state index contributed by atoms with van der Waals surface area (Å²) in [7, 11) is 0. The predicted octanol–water partition coefficient (Wildman–Crippen LogP) is 2.65. The van der Waals surface area contributed by atoms with Crippen molar-refractivity contribution in [3.63, 3.8) is 0 Å². The molecule has 2 N–H and O–H groups in total. The molecule has 1 aliphatic rings. The molecule has 0 atom stereocenters. The molecule has 0 aromatic heterocycles. The first-order valence-corrected chi connectivity index (χ1v) is 6.91. The number of benzene rings is 1. The summed E-state index contributed by atoms with van der Waals surface area (Å²) < 4.78 is 5.48. The minimum Gasteiger partial charge on any atom is -0.492 e. The minimum atomic E-state index is 0.550. The van der Waals surface area contributed by atoms with E-state index in [-0.39, 0.29) is 0 Å². The Balaban J connectivity index is 1.92. The van der Waals surface area contributed by atoms with Crippen LogP contribution >= 0.6 is 0 Å². The Morgan fingerprint density at radius 1 is 1.17 bits per heavy atom. The average Bonchev–Trinajstić information content (AvgIpc) is 2.38. The lowest BCUT2D eigenvalue weighted by atomic mass is 9.75. The van der Waals surface area contributed by atoms with E-state index in [2.05, 4.69) is 30.9 Å². The van der Waals surface area contributed by atoms with Crippen LogP contribution in [0.2, 0.25) is 0 Å². The number of hydrogen-bond acceptors (Lipinski definition) is 3. The zero-order valence-electron chi connectivity index (χ0n) is 11.5. The minimum absolute atomic E-state index is 0.550. The van der Waals surface area contributed by atoms with Gasteiger partial charge in [0.1, 0.15) is 12.4 Å². The average molecular weight is 248 g/mol. The molecule has 1 fully saturated rings. The quantitative estimate of drug-likeness (QED) is 0.841. The topological polar surface area (TPSA) is 38.5 Å². The van der Waals surface area contributed by atoms with Gasteiger partial charge in [0, 0.05) is 30.7 Å². The molecule has 0 bridgehead atoms. The third-order valence-electron chi connectivity index (χ3n) is 4.14. The maximum Gasteiger partial charge on any atom is 0.119 e. The zero-order chi connectivity index (χ0) is 13.0. The molecule has 0 aliphatic carbocycles. The van der Waals surface area contributed by atoms with Crippen LogP contribution in [0.3, 0.4) is 0 Å². The van der Waals surface area contributed by atoms with E-state index in [1.807, 2.05) is 12.1 Å². The van der Waals surface area contributed by atoms with Crippen molar-refractivity contribution in [2.24, 2.45) is 11.1 Å². The normalized spacial score (nSPS) is 17.4. The Bertz CT molecular complexity index is 363. The maximum absolute atomic E-state index is 5.48. The number of nitrogens with two attached hydrogens (primary N) is 1. The van der Waals surface area contributed by atoms with Crippen LogP contribution in [0.15, 0.2) is 24.3 Å². The second kappa shape index (κ2) is 5.61. The van der Waals surface area contributed by atoms with Gasteiger partial charge in [-0.05, 0) is 37.1 Å². The molecule has 1 saturated heterocycles. The zero-order valence-corrected chi connectivity index (χ0v) is 11.5. The van der Waals surface area contributed by atoms with E-state index in [9.17, 15) is 0 Å². The maximum atomic E-state index is 5.48. The van der Waals surface area contributed by atoms with Crippen molar-refractivity contribution in [3.8, 4) is 5.75 Å². The summed E-state index contributed by atoms with van der Waals surface area (Å²) in [5.74, 6) is 0.905. The lowest BCUT2D eigenvalue weighted by molar-refractivity contribution is 0.194. The fourth-order valence-electron chi connectivity index (χ4n) is 2.57. The Hall–Kier alpha value is -1.22. The van der Waals surface area contributed by atoms with Gasteiger partial charge in [-0.25, -0.2) is 0 Å². The van der Waals surface area contributed by atoms with Crippen LogP contribution in [0.1, 0.15) is 26.7 Å². The highest BCUT2D eigenvalue weighted by Crippen LogP contribution is 2.39. The predicted molar refractivity (Wildman–Crippen MR) is 76.2 cm³/mol. The lowest BCUT2D eigenvalue weighted by Crippen LogP contribution is -2.55. The van der Waals surface area contributed by atoms with Crippen molar-refractivity contribution in [3.05, 3.63) is 24.3 Å². The number of rotatable bonds is 6. The monoisotopic (exact) mass is 248 g/mol. The molecular weight excluding hydrogens is 224 g/mol. The summed E-state index contributed by atoms with van der Waals surface area (Å²) in [6.07, 6.45) is 2.55. The van der Waals surface area contributed by atoms with Crippen molar-refractivity contribution in [1.82, 2.24) is 0 Å². The van der Waals surface area contributed by atoms with E-state index in [1.165, 1.54) is 31.6 Å². The number of hydrogen-bond donors (Lipinski definition) is 1. The van der Waals surface area contributed by atoms with Crippen molar-refractivity contribution < 1.29 is 4.74 Å². The standard InChI is InChI=1S/C15H24N2O/c1-3-15(4-2)11-17(12-15)13-5-7-14(8-6-13)18-10-9-16/h5-8H,3-4,9-12,16H2,1-2H3. The van der Waals surface area contributed by atoms with Gasteiger partial charge < -0.3 is 15.4 Å². The van der Waals surface area contributed by atoms with Crippen molar-refractivity contribution in [1.29, 1.82) is 0 Å². The summed E-state index contributed by atoms with van der Waals surface area (Å²) in [4.78, 5) is 2.44. The van der Waals surface area contributed by atoms with E-state index < -0.39 is 0 Å². The second-order valence-electron chi connectivity index (χ2n) is 5.19. The first-order chi connectivity index (χ1) is 8.73. The third kappa shape index (κ3) is 2.61. The van der Waals surface area contributed by atoms with Gasteiger partial charge in [-0.15, -0.1) is 0 Å². The first-order valence-electron chi connectivity index (χ1n) is 6.91. The number of nitrogens with zero attached hydrogens (tertiary/aromatic N) is 1. The van der Waals surface area contributed by atoms with Crippen LogP contribution in [-0.2, 0) is 0 Å². The van der Waals surface area contributed by atoms with Gasteiger partial charge in [-0.1, -0.05) is 13.8 Å². The summed E-state index contributed by atoms with van der Waals surface area (Å²) in [5, 5.41) is 0. The van der Waals surface area contributed by atoms with E-state index in [1.54, 1.807) is 0 Å². The molecule has 1 aliphatic heterocycles. The van der Waals surface area contributed by atoms with Crippen LogP contribution < -0.4 is 15.4 Å². The second-order valence-corrected chi connectivity index (χ2v) is 5.19. The van der Waals surface area contributed by atoms with Gasteiger partial charge in [0.05, 0.1) is 0 Å². The van der Waals surface area contributed by atoms with Crippen LogP contribution in [0.25, 0.3) is 0 Å². The molecule has 1 heterocycles. The molecule has 3 heteroatoms. The summed E-state index contributed by atoms with van der Waals surface area (Å²) >= 11 is 0. The van der Waals surface area contributed by atoms with Gasteiger partial charge in [-0.3, -0.25) is 0 Å². The van der Waals surface area contributed by atoms with Gasteiger partial charge in [0.15, 0.2) is 0 Å². The Morgan fingerprint density at radius 2 is 1.78 bits per heavy atom.